The lowest BCUT2D eigenvalue weighted by Gasteiger charge is -2.30. The van der Waals surface area contributed by atoms with Crippen molar-refractivity contribution in [1.29, 1.82) is 0 Å². The summed E-state index contributed by atoms with van der Waals surface area (Å²) in [5, 5.41) is 3.69. The fourth-order valence-electron chi connectivity index (χ4n) is 4.42. The van der Waals surface area contributed by atoms with Gasteiger partial charge in [-0.05, 0) is 68.4 Å². The van der Waals surface area contributed by atoms with Crippen molar-refractivity contribution in [3.05, 3.63) is 11.8 Å². The van der Waals surface area contributed by atoms with Crippen LogP contribution in [0.2, 0.25) is 0 Å². The molecule has 2 fully saturated rings. The first-order chi connectivity index (χ1) is 8.86. The van der Waals surface area contributed by atoms with Gasteiger partial charge in [0.05, 0.1) is 12.9 Å². The molecule has 2 aliphatic carbocycles. The second-order valence-corrected chi connectivity index (χ2v) is 6.45. The van der Waals surface area contributed by atoms with Crippen LogP contribution < -0.4 is 5.32 Å². The third kappa shape index (κ3) is 2.59. The van der Waals surface area contributed by atoms with Gasteiger partial charge in [0.2, 0.25) is 0 Å². The molecule has 18 heavy (non-hydrogen) atoms. The van der Waals surface area contributed by atoms with Crippen LogP contribution in [-0.2, 0) is 4.74 Å². The molecule has 0 radical (unpaired) electrons. The Kier molecular flexibility index (Phi) is 3.93. The quantitative estimate of drug-likeness (QED) is 0.805. The van der Waals surface area contributed by atoms with E-state index in [1.165, 1.54) is 50.5 Å². The summed E-state index contributed by atoms with van der Waals surface area (Å²) in [5.74, 6) is 3.09. The van der Waals surface area contributed by atoms with E-state index in [9.17, 15) is 0 Å². The fraction of sp³-hybridized carbons (Fsp3) is 0.875. The number of ether oxygens (including phenoxy) is 1. The monoisotopic (exact) mass is 249 g/mol. The molecule has 2 nitrogen and oxygen atoms in total. The molecule has 1 N–H and O–H groups in total. The van der Waals surface area contributed by atoms with Crippen LogP contribution >= 0.6 is 0 Å². The number of nitrogens with one attached hydrogen (secondary N) is 1. The molecule has 0 aromatic rings. The van der Waals surface area contributed by atoms with Crippen LogP contribution in [0.3, 0.4) is 0 Å². The second kappa shape index (κ2) is 5.64. The maximum atomic E-state index is 5.53. The molecular weight excluding hydrogens is 222 g/mol. The zero-order valence-corrected chi connectivity index (χ0v) is 11.7. The first-order valence-electron chi connectivity index (χ1n) is 7.90. The number of hydrogen-bond acceptors (Lipinski definition) is 2. The molecule has 0 saturated heterocycles. The summed E-state index contributed by atoms with van der Waals surface area (Å²) in [6.45, 7) is 4.21. The standard InChI is InChI=1S/C16H27NO/c1-2-17-16(14-4-3-7-18-11-14)10-15-9-12-5-6-13(15)8-12/h11-13,15-17H,2-10H2,1H3. The molecule has 2 saturated carbocycles. The third-order valence-corrected chi connectivity index (χ3v) is 5.28. The number of rotatable bonds is 5. The minimum absolute atomic E-state index is 0.583. The highest BCUT2D eigenvalue weighted by atomic mass is 16.5. The van der Waals surface area contributed by atoms with Crippen molar-refractivity contribution in [2.24, 2.45) is 17.8 Å². The topological polar surface area (TPSA) is 21.3 Å². The molecule has 1 aliphatic heterocycles. The molecule has 1 heterocycles. The molecular formula is C16H27NO. The average Bonchev–Trinajstić information content (AvgIpc) is 3.01. The summed E-state index contributed by atoms with van der Waals surface area (Å²) in [4.78, 5) is 0. The Bertz CT molecular complexity index is 312. The van der Waals surface area contributed by atoms with Crippen molar-refractivity contribution >= 4 is 0 Å². The first-order valence-corrected chi connectivity index (χ1v) is 7.90. The largest absolute Gasteiger partial charge is 0.501 e. The highest BCUT2D eigenvalue weighted by Gasteiger charge is 2.40. The Hall–Kier alpha value is -0.500. The molecule has 0 aromatic carbocycles. The molecule has 4 atom stereocenters. The minimum Gasteiger partial charge on any atom is -0.501 e. The molecule has 4 unspecified atom stereocenters. The zero-order valence-electron chi connectivity index (χ0n) is 11.7. The molecule has 2 bridgehead atoms. The minimum atomic E-state index is 0.583. The summed E-state index contributed by atoms with van der Waals surface area (Å²) >= 11 is 0. The molecule has 0 aromatic heterocycles. The van der Waals surface area contributed by atoms with E-state index in [0.29, 0.717) is 6.04 Å². The van der Waals surface area contributed by atoms with Crippen molar-refractivity contribution in [3.63, 3.8) is 0 Å². The van der Waals surface area contributed by atoms with Crippen molar-refractivity contribution < 1.29 is 4.74 Å². The van der Waals surface area contributed by atoms with Crippen molar-refractivity contribution in [2.45, 2.75) is 57.9 Å². The Morgan fingerprint density at radius 3 is 2.94 bits per heavy atom. The summed E-state index contributed by atoms with van der Waals surface area (Å²) in [6, 6.07) is 0.583. The van der Waals surface area contributed by atoms with Crippen LogP contribution in [0.4, 0.5) is 0 Å². The van der Waals surface area contributed by atoms with Gasteiger partial charge in [0.25, 0.3) is 0 Å². The number of fused-ring (bicyclic) bond motifs is 2. The lowest BCUT2D eigenvalue weighted by molar-refractivity contribution is 0.213. The van der Waals surface area contributed by atoms with Gasteiger partial charge in [-0.2, -0.15) is 0 Å². The normalized spacial score (nSPS) is 36.3. The summed E-state index contributed by atoms with van der Waals surface area (Å²) in [7, 11) is 0. The highest BCUT2D eigenvalue weighted by molar-refractivity contribution is 5.11. The van der Waals surface area contributed by atoms with Gasteiger partial charge in [-0.3, -0.25) is 0 Å². The maximum Gasteiger partial charge on any atom is 0.0876 e. The van der Waals surface area contributed by atoms with Gasteiger partial charge in [0.1, 0.15) is 0 Å². The summed E-state index contributed by atoms with van der Waals surface area (Å²) in [5.41, 5.74) is 1.52. The lowest BCUT2D eigenvalue weighted by atomic mass is 9.82. The lowest BCUT2D eigenvalue weighted by Crippen LogP contribution is -2.35. The van der Waals surface area contributed by atoms with E-state index in [-0.39, 0.29) is 0 Å². The molecule has 0 spiro atoms. The summed E-state index contributed by atoms with van der Waals surface area (Å²) < 4.78 is 5.53. The van der Waals surface area contributed by atoms with Crippen LogP contribution in [0.1, 0.15) is 51.9 Å². The molecule has 3 aliphatic rings. The van der Waals surface area contributed by atoms with Gasteiger partial charge in [-0.25, -0.2) is 0 Å². The van der Waals surface area contributed by atoms with Gasteiger partial charge < -0.3 is 10.1 Å². The van der Waals surface area contributed by atoms with E-state index in [0.717, 1.165) is 30.9 Å². The summed E-state index contributed by atoms with van der Waals surface area (Å²) in [6.07, 6.45) is 11.9. The predicted octanol–water partition coefficient (Wildman–Crippen LogP) is 3.49. The molecule has 102 valence electrons. The first kappa shape index (κ1) is 12.5. The Balaban J connectivity index is 1.61. The van der Waals surface area contributed by atoms with Crippen molar-refractivity contribution in [1.82, 2.24) is 5.32 Å². The van der Waals surface area contributed by atoms with E-state index in [2.05, 4.69) is 12.2 Å². The smallest absolute Gasteiger partial charge is 0.0876 e. The van der Waals surface area contributed by atoms with Gasteiger partial charge in [-0.15, -0.1) is 0 Å². The number of likely N-dealkylation sites (N-methyl/N-ethyl adjacent to an activating group) is 1. The Labute approximate surface area is 111 Å². The van der Waals surface area contributed by atoms with Gasteiger partial charge >= 0.3 is 0 Å². The SMILES string of the molecule is CCNC(CC1CC2CCC1C2)C1=COCCC1. The van der Waals surface area contributed by atoms with Gasteiger partial charge in [0, 0.05) is 6.04 Å². The molecule has 0 amide bonds. The molecule has 3 rings (SSSR count). The van der Waals surface area contributed by atoms with Crippen LogP contribution in [0, 0.1) is 17.8 Å². The maximum absolute atomic E-state index is 5.53. The van der Waals surface area contributed by atoms with Gasteiger partial charge in [-0.1, -0.05) is 13.3 Å². The highest BCUT2D eigenvalue weighted by Crippen LogP contribution is 2.50. The van der Waals surface area contributed by atoms with Crippen LogP contribution in [-0.4, -0.2) is 19.2 Å². The zero-order chi connectivity index (χ0) is 12.4. The van der Waals surface area contributed by atoms with E-state index in [4.69, 9.17) is 4.74 Å². The fourth-order valence-corrected chi connectivity index (χ4v) is 4.42. The molecule has 2 heteroatoms. The second-order valence-electron chi connectivity index (χ2n) is 6.45. The number of hydrogen-bond donors (Lipinski definition) is 1. The van der Waals surface area contributed by atoms with E-state index < -0.39 is 0 Å². The van der Waals surface area contributed by atoms with Gasteiger partial charge in [0.15, 0.2) is 0 Å². The van der Waals surface area contributed by atoms with Crippen LogP contribution in [0.5, 0.6) is 0 Å². The van der Waals surface area contributed by atoms with Crippen molar-refractivity contribution in [3.8, 4) is 0 Å². The predicted molar refractivity (Wildman–Crippen MR) is 74.3 cm³/mol. The van der Waals surface area contributed by atoms with E-state index >= 15 is 0 Å². The van der Waals surface area contributed by atoms with E-state index in [1.54, 1.807) is 0 Å². The average molecular weight is 249 g/mol. The van der Waals surface area contributed by atoms with Crippen LogP contribution in [0.15, 0.2) is 11.8 Å². The van der Waals surface area contributed by atoms with E-state index in [1.807, 2.05) is 6.26 Å². The van der Waals surface area contributed by atoms with Crippen molar-refractivity contribution in [2.75, 3.05) is 13.2 Å². The Morgan fingerprint density at radius 2 is 2.33 bits per heavy atom. The van der Waals surface area contributed by atoms with Crippen LogP contribution in [0.25, 0.3) is 0 Å². The third-order valence-electron chi connectivity index (χ3n) is 5.28. The Morgan fingerprint density at radius 1 is 1.39 bits per heavy atom.